The molecule has 0 fully saturated rings. The summed E-state index contributed by atoms with van der Waals surface area (Å²) in [5.41, 5.74) is 21.0. The SMILES string of the molecule is c1ccc(-c2cc3c(cc2N(c2ccccc2)c2ccccc2)C2(c4ccccc4-3)c3ccccc3-c3cc(-c4ccccc4)c(N(c4ccccc4)c4cccc5c4sc4ccccc45)cc32)cc1. The van der Waals surface area contributed by atoms with Crippen LogP contribution in [0.1, 0.15) is 22.3 Å². The molecule has 0 radical (unpaired) electrons. The summed E-state index contributed by atoms with van der Waals surface area (Å²) < 4.78 is 2.55. The van der Waals surface area contributed by atoms with Gasteiger partial charge in [0.15, 0.2) is 0 Å². The first-order valence-corrected chi connectivity index (χ1v) is 24.9. The lowest BCUT2D eigenvalue weighted by Crippen LogP contribution is -2.27. The van der Waals surface area contributed by atoms with Crippen LogP contribution in [-0.2, 0) is 5.41 Å². The summed E-state index contributed by atoms with van der Waals surface area (Å²) in [6.45, 7) is 0. The second-order valence-electron chi connectivity index (χ2n) is 18.3. The Labute approximate surface area is 412 Å². The van der Waals surface area contributed by atoms with Crippen LogP contribution < -0.4 is 9.80 Å². The molecule has 1 spiro atoms. The molecule has 14 rings (SSSR count). The van der Waals surface area contributed by atoms with Crippen molar-refractivity contribution in [2.24, 2.45) is 0 Å². The van der Waals surface area contributed by atoms with E-state index in [1.807, 2.05) is 11.3 Å². The van der Waals surface area contributed by atoms with Crippen LogP contribution in [0.5, 0.6) is 0 Å². The minimum atomic E-state index is -0.656. The Morgan fingerprint density at radius 3 is 1.21 bits per heavy atom. The van der Waals surface area contributed by atoms with Gasteiger partial charge < -0.3 is 9.80 Å². The fraction of sp³-hybridized carbons (Fsp3) is 0.0149. The van der Waals surface area contributed by atoms with Gasteiger partial charge in [-0.05, 0) is 128 Å². The quantitative estimate of drug-likeness (QED) is 0.150. The standard InChI is InChI=1S/C67H44N2S/c1-6-23-45(24-7-1)54-41-56-50-33-16-19-37-58(50)67(60(56)43-63(54)68(47-27-10-3-11-28-47)48-29-12-4-13-30-48)59-38-20-17-34-51(59)57-42-55(46-25-8-2-9-26-46)64(44-61(57)67)69(49-31-14-5-15-32-49)62-39-22-36-53-52-35-18-21-40-65(52)70-66(53)62/h1-44H. The molecular weight excluding hydrogens is 865 g/mol. The van der Waals surface area contributed by atoms with Crippen molar-refractivity contribution in [3.8, 4) is 44.5 Å². The highest BCUT2D eigenvalue weighted by atomic mass is 32.1. The molecule has 1 heterocycles. The molecule has 1 atom stereocenters. The molecule has 2 nitrogen and oxygen atoms in total. The van der Waals surface area contributed by atoms with E-state index in [1.165, 1.54) is 86.9 Å². The van der Waals surface area contributed by atoms with Crippen molar-refractivity contribution in [3.63, 3.8) is 0 Å². The molecule has 0 N–H and O–H groups in total. The first kappa shape index (κ1) is 40.3. The van der Waals surface area contributed by atoms with Crippen LogP contribution in [0.3, 0.4) is 0 Å². The van der Waals surface area contributed by atoms with Crippen LogP contribution in [-0.4, -0.2) is 0 Å². The van der Waals surface area contributed by atoms with Crippen LogP contribution in [0.4, 0.5) is 34.1 Å². The number of thiophene rings is 1. The van der Waals surface area contributed by atoms with Crippen LogP contribution in [0.25, 0.3) is 64.7 Å². The third-order valence-electron chi connectivity index (χ3n) is 14.6. The minimum Gasteiger partial charge on any atom is -0.310 e. The van der Waals surface area contributed by atoms with E-state index in [0.29, 0.717) is 0 Å². The zero-order chi connectivity index (χ0) is 46.2. The van der Waals surface area contributed by atoms with E-state index in [2.05, 4.69) is 277 Å². The van der Waals surface area contributed by atoms with Gasteiger partial charge in [0.25, 0.3) is 0 Å². The molecule has 3 heteroatoms. The first-order valence-electron chi connectivity index (χ1n) is 24.1. The highest BCUT2D eigenvalue weighted by molar-refractivity contribution is 7.26. The predicted molar refractivity (Wildman–Crippen MR) is 296 cm³/mol. The maximum atomic E-state index is 2.57. The van der Waals surface area contributed by atoms with Crippen LogP contribution in [0, 0.1) is 0 Å². The topological polar surface area (TPSA) is 6.48 Å². The minimum absolute atomic E-state index is 0.656. The highest BCUT2D eigenvalue weighted by Gasteiger charge is 2.53. The van der Waals surface area contributed by atoms with Crippen molar-refractivity contribution < 1.29 is 0 Å². The molecule has 0 saturated carbocycles. The largest absolute Gasteiger partial charge is 0.310 e. The molecule has 0 amide bonds. The number of nitrogens with zero attached hydrogens (tertiary/aromatic N) is 2. The van der Waals surface area contributed by atoms with Crippen molar-refractivity contribution in [1.29, 1.82) is 0 Å². The summed E-state index contributed by atoms with van der Waals surface area (Å²) in [5.74, 6) is 0. The highest BCUT2D eigenvalue weighted by Crippen LogP contribution is 2.66. The Balaban J connectivity index is 1.12. The fourth-order valence-electron chi connectivity index (χ4n) is 11.7. The molecule has 0 saturated heterocycles. The summed E-state index contributed by atoms with van der Waals surface area (Å²) >= 11 is 1.88. The molecule has 0 bridgehead atoms. The zero-order valence-corrected chi connectivity index (χ0v) is 39.0. The molecule has 1 aromatic heterocycles. The Morgan fingerprint density at radius 2 is 0.686 bits per heavy atom. The monoisotopic (exact) mass is 908 g/mol. The lowest BCUT2D eigenvalue weighted by Gasteiger charge is -2.35. The van der Waals surface area contributed by atoms with Crippen molar-refractivity contribution in [2.75, 3.05) is 9.80 Å². The van der Waals surface area contributed by atoms with Crippen LogP contribution in [0.15, 0.2) is 267 Å². The van der Waals surface area contributed by atoms with Crippen LogP contribution in [0.2, 0.25) is 0 Å². The van der Waals surface area contributed by atoms with Crippen LogP contribution >= 0.6 is 11.3 Å². The number of para-hydroxylation sites is 3. The number of hydrogen-bond donors (Lipinski definition) is 0. The maximum absolute atomic E-state index is 2.57. The number of fused-ring (bicyclic) bond motifs is 13. The average molecular weight is 909 g/mol. The van der Waals surface area contributed by atoms with Gasteiger partial charge in [-0.2, -0.15) is 0 Å². The van der Waals surface area contributed by atoms with Gasteiger partial charge in [-0.25, -0.2) is 0 Å². The van der Waals surface area contributed by atoms with E-state index in [1.54, 1.807) is 0 Å². The van der Waals surface area contributed by atoms with Gasteiger partial charge in [-0.1, -0.05) is 194 Å². The van der Waals surface area contributed by atoms with Gasteiger partial charge in [0.05, 0.1) is 27.2 Å². The molecule has 328 valence electrons. The van der Waals surface area contributed by atoms with Gasteiger partial charge in [-0.15, -0.1) is 11.3 Å². The molecule has 2 aliphatic rings. The molecule has 2 aliphatic carbocycles. The van der Waals surface area contributed by atoms with E-state index in [4.69, 9.17) is 0 Å². The number of rotatable bonds is 8. The normalized spacial score (nSPS) is 14.1. The Hall–Kier alpha value is -8.76. The number of anilines is 6. The second-order valence-corrected chi connectivity index (χ2v) is 19.4. The van der Waals surface area contributed by atoms with Gasteiger partial charge in [0, 0.05) is 43.7 Å². The second kappa shape index (κ2) is 16.2. The van der Waals surface area contributed by atoms with E-state index in [0.717, 1.165) is 34.1 Å². The lowest BCUT2D eigenvalue weighted by atomic mass is 9.70. The maximum Gasteiger partial charge on any atom is 0.0727 e. The molecular formula is C67H44N2S. The summed E-state index contributed by atoms with van der Waals surface area (Å²) in [4.78, 5) is 4.99. The van der Waals surface area contributed by atoms with E-state index < -0.39 is 5.41 Å². The van der Waals surface area contributed by atoms with Gasteiger partial charge in [0.2, 0.25) is 0 Å². The summed E-state index contributed by atoms with van der Waals surface area (Å²) in [5, 5.41) is 2.56. The average Bonchev–Trinajstić information content (AvgIpc) is 4.06. The third-order valence-corrected chi connectivity index (χ3v) is 15.9. The number of benzene rings is 11. The first-order chi connectivity index (χ1) is 34.8. The van der Waals surface area contributed by atoms with Crippen molar-refractivity contribution in [2.45, 2.75) is 5.41 Å². The molecule has 1 unspecified atom stereocenters. The van der Waals surface area contributed by atoms with Crippen molar-refractivity contribution >= 4 is 65.6 Å². The summed E-state index contributed by atoms with van der Waals surface area (Å²) in [6, 6.07) is 98.8. The molecule has 12 aromatic rings. The Morgan fingerprint density at radius 1 is 0.271 bits per heavy atom. The van der Waals surface area contributed by atoms with Crippen molar-refractivity contribution in [1.82, 2.24) is 0 Å². The van der Waals surface area contributed by atoms with Gasteiger partial charge >= 0.3 is 0 Å². The molecule has 70 heavy (non-hydrogen) atoms. The number of hydrogen-bond acceptors (Lipinski definition) is 3. The van der Waals surface area contributed by atoms with Crippen molar-refractivity contribution in [3.05, 3.63) is 289 Å². The van der Waals surface area contributed by atoms with Gasteiger partial charge in [-0.3, -0.25) is 0 Å². The molecule has 0 aliphatic heterocycles. The summed E-state index contributed by atoms with van der Waals surface area (Å²) in [7, 11) is 0. The van der Waals surface area contributed by atoms with Gasteiger partial charge in [0.1, 0.15) is 0 Å². The Kier molecular flexibility index (Phi) is 9.33. The van der Waals surface area contributed by atoms with E-state index in [9.17, 15) is 0 Å². The third kappa shape index (κ3) is 6.05. The lowest BCUT2D eigenvalue weighted by molar-refractivity contribution is 0.793. The zero-order valence-electron chi connectivity index (χ0n) is 38.2. The van der Waals surface area contributed by atoms with E-state index >= 15 is 0 Å². The smallest absolute Gasteiger partial charge is 0.0727 e. The predicted octanol–water partition coefficient (Wildman–Crippen LogP) is 18.7. The fourth-order valence-corrected chi connectivity index (χ4v) is 13.0. The summed E-state index contributed by atoms with van der Waals surface area (Å²) in [6.07, 6.45) is 0. The molecule has 11 aromatic carbocycles. The van der Waals surface area contributed by atoms with E-state index in [-0.39, 0.29) is 0 Å². The Bertz CT molecular complexity index is 3890.